The number of nitrogens with one attached hydrogen (secondary N) is 1. The van der Waals surface area contributed by atoms with Gasteiger partial charge in [-0.15, -0.1) is 0 Å². The maximum absolute atomic E-state index is 13.7. The van der Waals surface area contributed by atoms with E-state index in [-0.39, 0.29) is 18.5 Å². The predicted molar refractivity (Wildman–Crippen MR) is 142 cm³/mol. The number of hydrogen-bond acceptors (Lipinski definition) is 4. The smallest absolute Gasteiger partial charge is 0.244 e. The molecule has 192 valence electrons. The van der Waals surface area contributed by atoms with Gasteiger partial charge in [0.1, 0.15) is 12.6 Å². The zero-order valence-corrected chi connectivity index (χ0v) is 23.3. The molecule has 0 aliphatic carbocycles. The van der Waals surface area contributed by atoms with Gasteiger partial charge in [0.05, 0.1) is 11.9 Å². The Balaban J connectivity index is 2.52. The highest BCUT2D eigenvalue weighted by atomic mass is 35.5. The Kier molecular flexibility index (Phi) is 10.0. The molecule has 0 aromatic heterocycles. The molecule has 7 nitrogen and oxygen atoms in total. The van der Waals surface area contributed by atoms with Gasteiger partial charge in [0.2, 0.25) is 21.8 Å². The summed E-state index contributed by atoms with van der Waals surface area (Å²) in [7, 11) is -3.80. The monoisotopic (exact) mass is 541 g/mol. The first kappa shape index (κ1) is 28.9. The number of benzene rings is 2. The first-order valence-corrected chi connectivity index (χ1v) is 13.9. The van der Waals surface area contributed by atoms with Gasteiger partial charge in [-0.05, 0) is 69.5 Å². The molecule has 35 heavy (non-hydrogen) atoms. The zero-order valence-electron chi connectivity index (χ0n) is 20.9. The average Bonchev–Trinajstić information content (AvgIpc) is 2.74. The number of halogens is 2. The Bertz CT molecular complexity index is 1160. The van der Waals surface area contributed by atoms with Crippen LogP contribution in [0.5, 0.6) is 0 Å². The summed E-state index contributed by atoms with van der Waals surface area (Å²) in [5.41, 5.74) is 2.75. The van der Waals surface area contributed by atoms with Crippen molar-refractivity contribution in [2.45, 2.75) is 59.7 Å². The van der Waals surface area contributed by atoms with E-state index in [0.29, 0.717) is 27.7 Å². The van der Waals surface area contributed by atoms with Gasteiger partial charge in [-0.3, -0.25) is 13.9 Å². The molecule has 0 radical (unpaired) electrons. The fourth-order valence-electron chi connectivity index (χ4n) is 3.65. The van der Waals surface area contributed by atoms with E-state index < -0.39 is 28.5 Å². The van der Waals surface area contributed by atoms with E-state index in [2.05, 4.69) is 5.32 Å². The van der Waals surface area contributed by atoms with Gasteiger partial charge in [-0.1, -0.05) is 42.3 Å². The average molecular weight is 543 g/mol. The quantitative estimate of drug-likeness (QED) is 0.471. The molecule has 0 bridgehead atoms. The second kappa shape index (κ2) is 12.1. The zero-order chi connectivity index (χ0) is 26.5. The van der Waals surface area contributed by atoms with Crippen molar-refractivity contribution in [3.05, 3.63) is 63.1 Å². The number of aryl methyl sites for hydroxylation is 2. The van der Waals surface area contributed by atoms with E-state index in [9.17, 15) is 18.0 Å². The molecule has 0 heterocycles. The van der Waals surface area contributed by atoms with E-state index in [1.54, 1.807) is 43.3 Å². The number of amides is 2. The molecule has 2 rings (SSSR count). The van der Waals surface area contributed by atoms with Crippen LogP contribution in [0.25, 0.3) is 0 Å². The van der Waals surface area contributed by atoms with Crippen LogP contribution in [0, 0.1) is 13.8 Å². The van der Waals surface area contributed by atoms with Crippen LogP contribution in [0.3, 0.4) is 0 Å². The van der Waals surface area contributed by atoms with Crippen molar-refractivity contribution in [2.24, 2.45) is 0 Å². The lowest BCUT2D eigenvalue weighted by Crippen LogP contribution is -2.53. The lowest BCUT2D eigenvalue weighted by Gasteiger charge is -2.33. The Morgan fingerprint density at radius 2 is 1.63 bits per heavy atom. The molecule has 0 saturated carbocycles. The maximum atomic E-state index is 13.7. The fourth-order valence-corrected chi connectivity index (χ4v) is 5.01. The minimum atomic E-state index is -3.80. The summed E-state index contributed by atoms with van der Waals surface area (Å²) in [4.78, 5) is 28.1. The van der Waals surface area contributed by atoms with Gasteiger partial charge in [0.25, 0.3) is 0 Å². The highest BCUT2D eigenvalue weighted by Gasteiger charge is 2.32. The molecular weight excluding hydrogens is 509 g/mol. The van der Waals surface area contributed by atoms with Gasteiger partial charge in [-0.25, -0.2) is 8.42 Å². The van der Waals surface area contributed by atoms with Crippen molar-refractivity contribution >= 4 is 50.7 Å². The lowest BCUT2D eigenvalue weighted by molar-refractivity contribution is -0.140. The van der Waals surface area contributed by atoms with Crippen LogP contribution in [-0.2, 0) is 26.2 Å². The Hall–Kier alpha value is -2.29. The van der Waals surface area contributed by atoms with Gasteiger partial charge in [-0.2, -0.15) is 0 Å². The van der Waals surface area contributed by atoms with Crippen molar-refractivity contribution in [2.75, 3.05) is 17.1 Å². The molecular formula is C25H33Cl2N3O4S. The van der Waals surface area contributed by atoms with Crippen molar-refractivity contribution in [3.8, 4) is 0 Å². The minimum Gasteiger partial charge on any atom is -0.352 e. The third-order valence-electron chi connectivity index (χ3n) is 5.66. The molecule has 0 saturated heterocycles. The summed E-state index contributed by atoms with van der Waals surface area (Å²) in [5, 5.41) is 3.54. The Morgan fingerprint density at radius 3 is 2.11 bits per heavy atom. The highest BCUT2D eigenvalue weighted by molar-refractivity contribution is 7.92. The topological polar surface area (TPSA) is 86.8 Å². The molecule has 10 heteroatoms. The van der Waals surface area contributed by atoms with Crippen LogP contribution in [0.15, 0.2) is 36.4 Å². The van der Waals surface area contributed by atoms with Gasteiger partial charge in [0.15, 0.2) is 0 Å². The molecule has 0 spiro atoms. The molecule has 1 atom stereocenters. The van der Waals surface area contributed by atoms with Crippen molar-refractivity contribution in [1.29, 1.82) is 0 Å². The Labute approximate surface area is 218 Å². The summed E-state index contributed by atoms with van der Waals surface area (Å²) < 4.78 is 26.5. The number of nitrogens with zero attached hydrogens (tertiary/aromatic N) is 2. The molecule has 1 unspecified atom stereocenters. The Morgan fingerprint density at radius 1 is 1.03 bits per heavy atom. The van der Waals surface area contributed by atoms with Crippen LogP contribution < -0.4 is 9.62 Å². The third-order valence-corrected chi connectivity index (χ3v) is 7.51. The van der Waals surface area contributed by atoms with Gasteiger partial charge >= 0.3 is 0 Å². The summed E-state index contributed by atoms with van der Waals surface area (Å²) in [6, 6.07) is 9.19. The molecule has 1 N–H and O–H groups in total. The second-order valence-corrected chi connectivity index (χ2v) is 11.6. The first-order chi connectivity index (χ1) is 16.3. The lowest BCUT2D eigenvalue weighted by atomic mass is 10.1. The molecule has 0 fully saturated rings. The summed E-state index contributed by atoms with van der Waals surface area (Å²) in [6.45, 7) is 8.70. The van der Waals surface area contributed by atoms with Crippen molar-refractivity contribution in [3.63, 3.8) is 0 Å². The van der Waals surface area contributed by atoms with E-state index in [1.165, 1.54) is 4.90 Å². The fraction of sp³-hybridized carbons (Fsp3) is 0.440. The van der Waals surface area contributed by atoms with Crippen LogP contribution in [0.1, 0.15) is 43.9 Å². The van der Waals surface area contributed by atoms with Crippen LogP contribution in [0.2, 0.25) is 10.0 Å². The van der Waals surface area contributed by atoms with Crippen LogP contribution in [0.4, 0.5) is 5.69 Å². The summed E-state index contributed by atoms with van der Waals surface area (Å²) >= 11 is 12.7. The summed E-state index contributed by atoms with van der Waals surface area (Å²) in [6.07, 6.45) is 1.36. The predicted octanol–water partition coefficient (Wildman–Crippen LogP) is 4.71. The summed E-state index contributed by atoms with van der Waals surface area (Å²) in [5.74, 6) is -0.883. The maximum Gasteiger partial charge on any atom is 0.244 e. The third kappa shape index (κ3) is 7.59. The van der Waals surface area contributed by atoms with Crippen LogP contribution in [-0.4, -0.2) is 50.0 Å². The van der Waals surface area contributed by atoms with Crippen molar-refractivity contribution in [1.82, 2.24) is 10.2 Å². The van der Waals surface area contributed by atoms with E-state index in [0.717, 1.165) is 21.7 Å². The van der Waals surface area contributed by atoms with Gasteiger partial charge < -0.3 is 10.2 Å². The number of anilines is 1. The number of hydrogen-bond donors (Lipinski definition) is 1. The van der Waals surface area contributed by atoms with E-state index in [4.69, 9.17) is 23.2 Å². The standard InChI is InChI=1S/C25H33Cl2N3O4S/c1-7-23(25(32)28-16(2)3)29(14-20-21(26)9-8-10-22(20)27)24(31)15-30(35(6,33)34)19-12-11-17(4)18(5)13-19/h8-13,16,23H,7,14-15H2,1-6H3,(H,28,32). The molecule has 0 aliphatic rings. The van der Waals surface area contributed by atoms with Crippen molar-refractivity contribution < 1.29 is 18.0 Å². The van der Waals surface area contributed by atoms with E-state index >= 15 is 0 Å². The number of rotatable bonds is 10. The number of carbonyl (C=O) groups is 2. The molecule has 0 aliphatic heterocycles. The SMILES string of the molecule is CCC(C(=O)NC(C)C)N(Cc1c(Cl)cccc1Cl)C(=O)CN(c1ccc(C)c(C)c1)S(C)(=O)=O. The highest BCUT2D eigenvalue weighted by Crippen LogP contribution is 2.28. The second-order valence-electron chi connectivity index (χ2n) is 8.85. The number of carbonyl (C=O) groups excluding carboxylic acids is 2. The minimum absolute atomic E-state index is 0.0497. The molecule has 2 amide bonds. The van der Waals surface area contributed by atoms with Gasteiger partial charge in [0, 0.05) is 28.2 Å². The molecule has 2 aromatic carbocycles. The number of sulfonamides is 1. The van der Waals surface area contributed by atoms with E-state index in [1.807, 2.05) is 27.7 Å². The molecule has 2 aromatic rings. The normalized spacial score (nSPS) is 12.4. The largest absolute Gasteiger partial charge is 0.352 e. The first-order valence-electron chi connectivity index (χ1n) is 11.3. The van der Waals surface area contributed by atoms with Crippen LogP contribution >= 0.6 is 23.2 Å².